The maximum atomic E-state index is 11.7. The fraction of sp³-hybridized carbons (Fsp3) is 0.533. The molecule has 19 heavy (non-hydrogen) atoms. The van der Waals surface area contributed by atoms with E-state index < -0.39 is 12.2 Å². The van der Waals surface area contributed by atoms with E-state index in [0.717, 1.165) is 5.56 Å². The van der Waals surface area contributed by atoms with Crippen LogP contribution >= 0.6 is 0 Å². The minimum Gasteiger partial charge on any atom is -0.445 e. The van der Waals surface area contributed by atoms with Gasteiger partial charge in [0.15, 0.2) is 0 Å². The van der Waals surface area contributed by atoms with E-state index in [1.54, 1.807) is 0 Å². The Labute approximate surface area is 114 Å². The summed E-state index contributed by atoms with van der Waals surface area (Å²) in [5.41, 5.74) is 0.940. The summed E-state index contributed by atoms with van der Waals surface area (Å²) in [5, 5.41) is 12.7. The third-order valence-corrected chi connectivity index (χ3v) is 3.05. The SMILES string of the molecule is CC[C@H](NC(=O)OCc1ccccc1)[C@H](O)C(C)C. The van der Waals surface area contributed by atoms with Crippen LogP contribution in [-0.4, -0.2) is 23.3 Å². The van der Waals surface area contributed by atoms with Gasteiger partial charge in [-0.1, -0.05) is 51.1 Å². The van der Waals surface area contributed by atoms with Crippen LogP contribution in [0.1, 0.15) is 32.8 Å². The van der Waals surface area contributed by atoms with Crippen molar-refractivity contribution in [3.05, 3.63) is 35.9 Å². The molecular weight excluding hydrogens is 242 g/mol. The highest BCUT2D eigenvalue weighted by molar-refractivity contribution is 5.67. The van der Waals surface area contributed by atoms with Crippen LogP contribution < -0.4 is 5.32 Å². The van der Waals surface area contributed by atoms with Crippen LogP contribution in [0.15, 0.2) is 30.3 Å². The Hall–Kier alpha value is -1.55. The van der Waals surface area contributed by atoms with Crippen LogP contribution in [-0.2, 0) is 11.3 Å². The van der Waals surface area contributed by atoms with Crippen LogP contribution in [0.2, 0.25) is 0 Å². The predicted molar refractivity (Wildman–Crippen MR) is 74.7 cm³/mol. The monoisotopic (exact) mass is 265 g/mol. The maximum absolute atomic E-state index is 11.7. The highest BCUT2D eigenvalue weighted by Gasteiger charge is 2.22. The number of hydrogen-bond acceptors (Lipinski definition) is 3. The molecule has 0 saturated heterocycles. The van der Waals surface area contributed by atoms with E-state index in [2.05, 4.69) is 5.32 Å². The van der Waals surface area contributed by atoms with Gasteiger partial charge in [0.1, 0.15) is 6.61 Å². The first-order valence-electron chi connectivity index (χ1n) is 6.69. The molecule has 0 saturated carbocycles. The van der Waals surface area contributed by atoms with E-state index in [0.29, 0.717) is 6.42 Å². The molecule has 1 rings (SSSR count). The molecule has 0 radical (unpaired) electrons. The van der Waals surface area contributed by atoms with Crippen molar-refractivity contribution in [1.29, 1.82) is 0 Å². The van der Waals surface area contributed by atoms with Gasteiger partial charge in [0.05, 0.1) is 12.1 Å². The first kappa shape index (κ1) is 15.5. The van der Waals surface area contributed by atoms with E-state index >= 15 is 0 Å². The Morgan fingerprint density at radius 2 is 1.95 bits per heavy atom. The predicted octanol–water partition coefficient (Wildman–Crippen LogP) is 2.71. The lowest BCUT2D eigenvalue weighted by Gasteiger charge is -2.25. The highest BCUT2D eigenvalue weighted by atomic mass is 16.5. The number of hydrogen-bond donors (Lipinski definition) is 2. The van der Waals surface area contributed by atoms with Gasteiger partial charge in [-0.25, -0.2) is 4.79 Å². The molecule has 1 amide bonds. The molecule has 2 N–H and O–H groups in total. The van der Waals surface area contributed by atoms with Crippen LogP contribution in [0.5, 0.6) is 0 Å². The lowest BCUT2D eigenvalue weighted by atomic mass is 9.98. The number of carbonyl (C=O) groups is 1. The van der Waals surface area contributed by atoms with Crippen molar-refractivity contribution in [2.75, 3.05) is 0 Å². The average molecular weight is 265 g/mol. The second kappa shape index (κ2) is 7.79. The van der Waals surface area contributed by atoms with Gasteiger partial charge >= 0.3 is 6.09 Å². The molecule has 0 aliphatic rings. The van der Waals surface area contributed by atoms with Gasteiger partial charge < -0.3 is 15.2 Å². The van der Waals surface area contributed by atoms with Gasteiger partial charge in [0, 0.05) is 0 Å². The zero-order valence-corrected chi connectivity index (χ0v) is 11.8. The van der Waals surface area contributed by atoms with E-state index in [1.807, 2.05) is 51.1 Å². The lowest BCUT2D eigenvalue weighted by Crippen LogP contribution is -2.45. The van der Waals surface area contributed by atoms with Gasteiger partial charge in [-0.05, 0) is 17.9 Å². The Morgan fingerprint density at radius 3 is 2.47 bits per heavy atom. The number of carbonyl (C=O) groups excluding carboxylic acids is 1. The summed E-state index contributed by atoms with van der Waals surface area (Å²) in [6.45, 7) is 6.00. The van der Waals surface area contributed by atoms with Gasteiger partial charge in [-0.3, -0.25) is 0 Å². The fourth-order valence-electron chi connectivity index (χ4n) is 1.81. The van der Waals surface area contributed by atoms with Gasteiger partial charge in [0.2, 0.25) is 0 Å². The molecule has 0 spiro atoms. The Morgan fingerprint density at radius 1 is 1.32 bits per heavy atom. The van der Waals surface area contributed by atoms with Crippen molar-refractivity contribution in [3.63, 3.8) is 0 Å². The van der Waals surface area contributed by atoms with Crippen LogP contribution in [0.4, 0.5) is 4.79 Å². The van der Waals surface area contributed by atoms with E-state index in [-0.39, 0.29) is 18.6 Å². The number of aliphatic hydroxyl groups is 1. The molecule has 0 fully saturated rings. The summed E-state index contributed by atoms with van der Waals surface area (Å²) in [6, 6.07) is 9.22. The topological polar surface area (TPSA) is 58.6 Å². The summed E-state index contributed by atoms with van der Waals surface area (Å²) in [4.78, 5) is 11.7. The lowest BCUT2D eigenvalue weighted by molar-refractivity contribution is 0.0717. The van der Waals surface area contributed by atoms with Crippen molar-refractivity contribution in [3.8, 4) is 0 Å². The number of benzene rings is 1. The molecule has 0 aromatic heterocycles. The summed E-state index contributed by atoms with van der Waals surface area (Å²) in [7, 11) is 0. The Kier molecular flexibility index (Phi) is 6.36. The first-order valence-corrected chi connectivity index (χ1v) is 6.69. The molecule has 4 nitrogen and oxygen atoms in total. The third-order valence-electron chi connectivity index (χ3n) is 3.05. The smallest absolute Gasteiger partial charge is 0.407 e. The molecule has 4 heteroatoms. The highest BCUT2D eigenvalue weighted by Crippen LogP contribution is 2.09. The van der Waals surface area contributed by atoms with Crippen molar-refractivity contribution in [2.24, 2.45) is 5.92 Å². The van der Waals surface area contributed by atoms with Crippen LogP contribution in [0.25, 0.3) is 0 Å². The molecule has 0 heterocycles. The second-order valence-corrected chi connectivity index (χ2v) is 4.96. The molecule has 1 aromatic rings. The molecular formula is C15H23NO3. The van der Waals surface area contributed by atoms with E-state index in [9.17, 15) is 9.90 Å². The first-order chi connectivity index (χ1) is 9.04. The zero-order chi connectivity index (χ0) is 14.3. The minimum atomic E-state index is -0.561. The molecule has 1 aromatic carbocycles. The van der Waals surface area contributed by atoms with Crippen molar-refractivity contribution >= 4 is 6.09 Å². The standard InChI is InChI=1S/C15H23NO3/c1-4-13(14(17)11(2)3)16-15(18)19-10-12-8-6-5-7-9-12/h5-9,11,13-14,17H,4,10H2,1-3H3,(H,16,18)/t13-,14+/m0/s1. The van der Waals surface area contributed by atoms with E-state index in [1.165, 1.54) is 0 Å². The Bertz CT molecular complexity index is 378. The summed E-state index contributed by atoms with van der Waals surface area (Å²) in [5.74, 6) is 0.0966. The molecule has 0 unspecified atom stereocenters. The fourth-order valence-corrected chi connectivity index (χ4v) is 1.81. The molecule has 0 bridgehead atoms. The maximum Gasteiger partial charge on any atom is 0.407 e. The van der Waals surface area contributed by atoms with E-state index in [4.69, 9.17) is 4.74 Å². The molecule has 0 aliphatic heterocycles. The Balaban J connectivity index is 2.41. The number of amides is 1. The van der Waals surface area contributed by atoms with Gasteiger partial charge in [-0.2, -0.15) is 0 Å². The van der Waals surface area contributed by atoms with Crippen molar-refractivity contribution in [2.45, 2.75) is 45.9 Å². The van der Waals surface area contributed by atoms with Gasteiger partial charge in [-0.15, -0.1) is 0 Å². The number of nitrogens with one attached hydrogen (secondary N) is 1. The van der Waals surface area contributed by atoms with Crippen LogP contribution in [0, 0.1) is 5.92 Å². The summed E-state index contributed by atoms with van der Waals surface area (Å²) < 4.78 is 5.13. The van der Waals surface area contributed by atoms with Gasteiger partial charge in [0.25, 0.3) is 0 Å². The van der Waals surface area contributed by atoms with Crippen molar-refractivity contribution < 1.29 is 14.6 Å². The number of ether oxygens (including phenoxy) is 1. The average Bonchev–Trinajstić information content (AvgIpc) is 2.42. The largest absolute Gasteiger partial charge is 0.445 e. The second-order valence-electron chi connectivity index (χ2n) is 4.96. The summed E-state index contributed by atoms with van der Waals surface area (Å²) >= 11 is 0. The van der Waals surface area contributed by atoms with Crippen molar-refractivity contribution in [1.82, 2.24) is 5.32 Å². The van der Waals surface area contributed by atoms with Crippen LogP contribution in [0.3, 0.4) is 0 Å². The number of alkyl carbamates (subject to hydrolysis) is 1. The zero-order valence-electron chi connectivity index (χ0n) is 11.8. The third kappa shape index (κ3) is 5.30. The molecule has 0 aliphatic carbocycles. The number of rotatable bonds is 6. The normalized spacial score (nSPS) is 13.9. The molecule has 106 valence electrons. The number of aliphatic hydroxyl groups excluding tert-OH is 1. The minimum absolute atomic E-state index is 0.0966. The quantitative estimate of drug-likeness (QED) is 0.831. The summed E-state index contributed by atoms with van der Waals surface area (Å²) in [6.07, 6.45) is -0.385. The molecule has 2 atom stereocenters.